The molecular formula is C11H11NO6. The van der Waals surface area contributed by atoms with Crippen LogP contribution < -0.4 is 5.73 Å². The molecule has 0 fully saturated rings. The molecule has 7 heteroatoms. The Morgan fingerprint density at radius 1 is 1.06 bits per heavy atom. The fourth-order valence-electron chi connectivity index (χ4n) is 1.42. The summed E-state index contributed by atoms with van der Waals surface area (Å²) in [6.07, 6.45) is -0.0739. The minimum absolute atomic E-state index is 0.0739. The first kappa shape index (κ1) is 13.7. The molecule has 1 aromatic carbocycles. The molecule has 0 saturated carbocycles. The van der Waals surface area contributed by atoms with E-state index in [2.05, 4.69) is 0 Å². The maximum atomic E-state index is 10.9. The molecule has 1 rings (SSSR count). The van der Waals surface area contributed by atoms with Crippen LogP contribution in [0.3, 0.4) is 0 Å². The zero-order chi connectivity index (χ0) is 13.9. The van der Waals surface area contributed by atoms with Crippen molar-refractivity contribution < 1.29 is 29.7 Å². The van der Waals surface area contributed by atoms with Crippen LogP contribution in [0.15, 0.2) is 18.2 Å². The molecule has 0 bridgehead atoms. The predicted molar refractivity (Wildman–Crippen MR) is 59.7 cm³/mol. The quantitative estimate of drug-likeness (QED) is 0.581. The van der Waals surface area contributed by atoms with Crippen molar-refractivity contribution in [2.75, 3.05) is 0 Å². The molecule has 0 amide bonds. The van der Waals surface area contributed by atoms with Gasteiger partial charge in [0.05, 0.1) is 11.1 Å². The maximum Gasteiger partial charge on any atom is 0.336 e. The number of hydrogen-bond donors (Lipinski definition) is 4. The number of hydrogen-bond acceptors (Lipinski definition) is 4. The lowest BCUT2D eigenvalue weighted by molar-refractivity contribution is -0.138. The maximum absolute atomic E-state index is 10.9. The number of carboxylic acid groups (broad SMARTS) is 3. The van der Waals surface area contributed by atoms with Crippen molar-refractivity contribution in [2.45, 2.75) is 12.5 Å². The van der Waals surface area contributed by atoms with E-state index in [0.29, 0.717) is 5.56 Å². The van der Waals surface area contributed by atoms with Gasteiger partial charge in [0, 0.05) is 0 Å². The molecule has 1 aromatic rings. The van der Waals surface area contributed by atoms with E-state index in [1.165, 1.54) is 6.07 Å². The van der Waals surface area contributed by atoms with E-state index in [4.69, 9.17) is 21.1 Å². The molecule has 0 aromatic heterocycles. The summed E-state index contributed by atoms with van der Waals surface area (Å²) in [5, 5.41) is 26.3. The highest BCUT2D eigenvalue weighted by atomic mass is 16.4. The van der Waals surface area contributed by atoms with Crippen LogP contribution in [0.4, 0.5) is 0 Å². The van der Waals surface area contributed by atoms with Crippen molar-refractivity contribution >= 4 is 17.9 Å². The highest BCUT2D eigenvalue weighted by Crippen LogP contribution is 2.14. The largest absolute Gasteiger partial charge is 0.480 e. The summed E-state index contributed by atoms with van der Waals surface area (Å²) in [5.41, 5.74) is 4.92. The Labute approximate surface area is 101 Å². The highest BCUT2D eigenvalue weighted by Gasteiger charge is 2.18. The van der Waals surface area contributed by atoms with Gasteiger partial charge >= 0.3 is 17.9 Å². The molecular weight excluding hydrogens is 242 g/mol. The Balaban J connectivity index is 3.11. The summed E-state index contributed by atoms with van der Waals surface area (Å²) in [4.78, 5) is 32.2. The second-order valence-electron chi connectivity index (χ2n) is 3.64. The minimum Gasteiger partial charge on any atom is -0.480 e. The van der Waals surface area contributed by atoms with Gasteiger partial charge in [0.25, 0.3) is 0 Å². The normalized spacial score (nSPS) is 11.8. The van der Waals surface area contributed by atoms with Crippen molar-refractivity contribution in [3.8, 4) is 0 Å². The number of benzene rings is 1. The van der Waals surface area contributed by atoms with Gasteiger partial charge in [-0.3, -0.25) is 4.79 Å². The van der Waals surface area contributed by atoms with Crippen LogP contribution in [0.25, 0.3) is 0 Å². The summed E-state index contributed by atoms with van der Waals surface area (Å²) in [6, 6.07) is 2.42. The van der Waals surface area contributed by atoms with Gasteiger partial charge in [0.2, 0.25) is 0 Å². The number of rotatable bonds is 5. The van der Waals surface area contributed by atoms with Crippen molar-refractivity contribution in [1.82, 2.24) is 0 Å². The zero-order valence-electron chi connectivity index (χ0n) is 9.16. The summed E-state index contributed by atoms with van der Waals surface area (Å²) in [7, 11) is 0. The third-order valence-corrected chi connectivity index (χ3v) is 2.32. The van der Waals surface area contributed by atoms with Crippen LogP contribution >= 0.6 is 0 Å². The number of nitrogens with two attached hydrogens (primary N) is 1. The monoisotopic (exact) mass is 253 g/mol. The summed E-state index contributed by atoms with van der Waals surface area (Å²) < 4.78 is 0. The SMILES string of the molecule is N[C@@H](Cc1ccc(C(=O)O)c(C(=O)O)c1)C(=O)O. The zero-order valence-corrected chi connectivity index (χ0v) is 9.16. The van der Waals surface area contributed by atoms with Crippen molar-refractivity contribution in [2.24, 2.45) is 5.73 Å². The van der Waals surface area contributed by atoms with E-state index in [1.807, 2.05) is 0 Å². The molecule has 0 saturated heterocycles. The van der Waals surface area contributed by atoms with Gasteiger partial charge in [-0.05, 0) is 24.1 Å². The van der Waals surface area contributed by atoms with Gasteiger partial charge in [0.15, 0.2) is 0 Å². The average molecular weight is 253 g/mol. The van der Waals surface area contributed by atoms with E-state index in [-0.39, 0.29) is 12.0 Å². The van der Waals surface area contributed by atoms with Gasteiger partial charge in [-0.25, -0.2) is 9.59 Å². The average Bonchev–Trinajstić information content (AvgIpc) is 2.28. The van der Waals surface area contributed by atoms with Gasteiger partial charge in [0.1, 0.15) is 6.04 Å². The smallest absolute Gasteiger partial charge is 0.336 e. The first-order valence-electron chi connectivity index (χ1n) is 4.91. The predicted octanol–water partition coefficient (Wildman–Crippen LogP) is 0.0374. The Hall–Kier alpha value is -2.41. The second-order valence-corrected chi connectivity index (χ2v) is 3.64. The summed E-state index contributed by atoms with van der Waals surface area (Å²) in [6.45, 7) is 0. The lowest BCUT2D eigenvalue weighted by atomic mass is 10.00. The highest BCUT2D eigenvalue weighted by molar-refractivity contribution is 6.01. The molecule has 7 nitrogen and oxygen atoms in total. The van der Waals surface area contributed by atoms with E-state index in [0.717, 1.165) is 12.1 Å². The fraction of sp³-hybridized carbons (Fsp3) is 0.182. The Morgan fingerprint density at radius 2 is 1.61 bits per heavy atom. The number of carboxylic acids is 3. The number of aliphatic carboxylic acids is 1. The molecule has 5 N–H and O–H groups in total. The van der Waals surface area contributed by atoms with E-state index >= 15 is 0 Å². The van der Waals surface area contributed by atoms with E-state index in [9.17, 15) is 14.4 Å². The van der Waals surface area contributed by atoms with Crippen LogP contribution in [0.1, 0.15) is 26.3 Å². The van der Waals surface area contributed by atoms with Crippen molar-refractivity contribution in [1.29, 1.82) is 0 Å². The third-order valence-electron chi connectivity index (χ3n) is 2.32. The van der Waals surface area contributed by atoms with Gasteiger partial charge in [-0.2, -0.15) is 0 Å². The fourth-order valence-corrected chi connectivity index (χ4v) is 1.42. The van der Waals surface area contributed by atoms with Crippen molar-refractivity contribution in [3.63, 3.8) is 0 Å². The van der Waals surface area contributed by atoms with E-state index in [1.54, 1.807) is 0 Å². The molecule has 0 heterocycles. The molecule has 0 unspecified atom stereocenters. The van der Waals surface area contributed by atoms with Gasteiger partial charge in [-0.15, -0.1) is 0 Å². The molecule has 0 spiro atoms. The summed E-state index contributed by atoms with van der Waals surface area (Å²) in [5.74, 6) is -3.96. The minimum atomic E-state index is -1.39. The Bertz CT molecular complexity index is 510. The van der Waals surface area contributed by atoms with Crippen LogP contribution in [-0.4, -0.2) is 39.3 Å². The second kappa shape index (κ2) is 5.28. The topological polar surface area (TPSA) is 138 Å². The molecule has 0 aliphatic rings. The molecule has 0 radical (unpaired) electrons. The van der Waals surface area contributed by atoms with E-state index < -0.39 is 29.5 Å². The van der Waals surface area contributed by atoms with Crippen LogP contribution in [-0.2, 0) is 11.2 Å². The first-order chi connectivity index (χ1) is 8.32. The lowest BCUT2D eigenvalue weighted by Crippen LogP contribution is -2.32. The molecule has 0 aliphatic heterocycles. The molecule has 1 atom stereocenters. The van der Waals surface area contributed by atoms with Gasteiger partial charge < -0.3 is 21.1 Å². The van der Waals surface area contributed by atoms with Gasteiger partial charge in [-0.1, -0.05) is 6.07 Å². The first-order valence-corrected chi connectivity index (χ1v) is 4.91. The van der Waals surface area contributed by atoms with Crippen molar-refractivity contribution in [3.05, 3.63) is 34.9 Å². The Kier molecular flexibility index (Phi) is 4.01. The Morgan fingerprint density at radius 3 is 2.06 bits per heavy atom. The van der Waals surface area contributed by atoms with Crippen LogP contribution in [0.2, 0.25) is 0 Å². The van der Waals surface area contributed by atoms with Crippen LogP contribution in [0.5, 0.6) is 0 Å². The summed E-state index contributed by atoms with van der Waals surface area (Å²) >= 11 is 0. The third kappa shape index (κ3) is 3.05. The lowest BCUT2D eigenvalue weighted by Gasteiger charge is -2.08. The standard InChI is InChI=1S/C11H11NO6/c12-8(11(17)18)4-5-1-2-6(9(13)14)7(3-5)10(15)16/h1-3,8H,4,12H2,(H,13,14)(H,15,16)(H,17,18)/t8-/m0/s1. The number of carbonyl (C=O) groups is 3. The molecule has 18 heavy (non-hydrogen) atoms. The molecule has 0 aliphatic carbocycles. The molecule has 96 valence electrons. The van der Waals surface area contributed by atoms with Crippen LogP contribution in [0, 0.1) is 0 Å². The number of aromatic carboxylic acids is 2.